The van der Waals surface area contributed by atoms with Crippen LogP contribution in [0.5, 0.6) is 0 Å². The summed E-state index contributed by atoms with van der Waals surface area (Å²) in [5.41, 5.74) is 2.78. The van der Waals surface area contributed by atoms with Crippen molar-refractivity contribution in [1.82, 2.24) is 10.8 Å². The lowest BCUT2D eigenvalue weighted by atomic mass is 9.98. The van der Waals surface area contributed by atoms with Gasteiger partial charge in [-0.2, -0.15) is 0 Å². The molecule has 1 aromatic heterocycles. The molecule has 1 aliphatic heterocycles. The molecule has 0 aliphatic carbocycles. The molecule has 2 amide bonds. The molecule has 1 saturated heterocycles. The fourth-order valence-electron chi connectivity index (χ4n) is 3.96. The molecule has 0 saturated carbocycles. The van der Waals surface area contributed by atoms with Gasteiger partial charge in [0, 0.05) is 37.4 Å². The Morgan fingerprint density at radius 1 is 1.00 bits per heavy atom. The number of anilines is 1. The molecule has 0 bridgehead atoms. The van der Waals surface area contributed by atoms with Crippen LogP contribution >= 0.6 is 0 Å². The monoisotopic (exact) mass is 487 g/mol. The molecule has 11 heteroatoms. The molecule has 3 aromatic rings. The molecular weight excluding hydrogens is 462 g/mol. The third kappa shape index (κ3) is 4.49. The van der Waals surface area contributed by atoms with Gasteiger partial charge in [-0.1, -0.05) is 18.2 Å². The highest BCUT2D eigenvalue weighted by molar-refractivity contribution is 7.93. The number of benzene rings is 2. The number of furan rings is 1. The molecule has 10 nitrogen and oxygen atoms in total. The Labute approximate surface area is 196 Å². The number of hydroxylamine groups is 1. The number of ether oxygens (including phenoxy) is 1. The van der Waals surface area contributed by atoms with Crippen LogP contribution in [0.25, 0.3) is 11.0 Å². The van der Waals surface area contributed by atoms with Crippen molar-refractivity contribution in [1.29, 1.82) is 0 Å². The molecule has 4 rings (SSSR count). The minimum Gasteiger partial charge on any atom is -0.451 e. The number of carbonyl (C=O) groups excluding carboxylic acids is 2. The van der Waals surface area contributed by atoms with Gasteiger partial charge < -0.3 is 19.8 Å². The summed E-state index contributed by atoms with van der Waals surface area (Å²) in [6.45, 7) is 0.917. The molecule has 0 spiro atoms. The summed E-state index contributed by atoms with van der Waals surface area (Å²) >= 11 is 0. The SMILES string of the molecule is O=C(NCCNc1ccc(S(=O)(=O)C2(C(=O)NO)CCOCC2)cc1)c1cc2ccccc2o1. The van der Waals surface area contributed by atoms with E-state index in [2.05, 4.69) is 10.6 Å². The molecule has 180 valence electrons. The van der Waals surface area contributed by atoms with E-state index in [0.717, 1.165) is 5.39 Å². The number of carbonyl (C=O) groups is 2. The van der Waals surface area contributed by atoms with Crippen LogP contribution in [-0.2, 0) is 19.4 Å². The lowest BCUT2D eigenvalue weighted by Gasteiger charge is -2.34. The fraction of sp³-hybridized carbons (Fsp3) is 0.304. The Bertz CT molecular complexity index is 1250. The number of fused-ring (bicyclic) bond motifs is 1. The van der Waals surface area contributed by atoms with Crippen LogP contribution < -0.4 is 16.1 Å². The highest BCUT2D eigenvalue weighted by Gasteiger charge is 2.52. The predicted molar refractivity (Wildman–Crippen MR) is 123 cm³/mol. The summed E-state index contributed by atoms with van der Waals surface area (Å²) < 4.78 is 35.5. The number of nitrogens with one attached hydrogen (secondary N) is 3. The summed E-state index contributed by atoms with van der Waals surface area (Å²) in [6, 6.07) is 15.0. The summed E-state index contributed by atoms with van der Waals surface area (Å²) in [7, 11) is -4.08. The first-order chi connectivity index (χ1) is 16.4. The van der Waals surface area contributed by atoms with Crippen molar-refractivity contribution in [3.05, 3.63) is 60.4 Å². The molecule has 1 aliphatic rings. The second kappa shape index (κ2) is 9.84. The third-order valence-electron chi connectivity index (χ3n) is 5.88. The average molecular weight is 488 g/mol. The molecule has 2 aromatic carbocycles. The van der Waals surface area contributed by atoms with Crippen LogP contribution in [0.3, 0.4) is 0 Å². The van der Waals surface area contributed by atoms with Crippen LogP contribution in [0.2, 0.25) is 0 Å². The summed E-state index contributed by atoms with van der Waals surface area (Å²) in [4.78, 5) is 24.6. The van der Waals surface area contributed by atoms with Crippen LogP contribution in [-0.4, -0.2) is 56.5 Å². The first-order valence-corrected chi connectivity index (χ1v) is 12.2. The van der Waals surface area contributed by atoms with Gasteiger partial charge in [0.05, 0.1) is 4.90 Å². The Morgan fingerprint density at radius 2 is 1.71 bits per heavy atom. The van der Waals surface area contributed by atoms with Gasteiger partial charge in [-0.15, -0.1) is 0 Å². The molecule has 0 unspecified atom stereocenters. The molecular formula is C23H25N3O7S. The van der Waals surface area contributed by atoms with E-state index in [4.69, 9.17) is 14.4 Å². The van der Waals surface area contributed by atoms with Crippen molar-refractivity contribution in [3.8, 4) is 0 Å². The molecule has 4 N–H and O–H groups in total. The lowest BCUT2D eigenvalue weighted by Crippen LogP contribution is -2.54. The van der Waals surface area contributed by atoms with Gasteiger partial charge in [-0.05, 0) is 49.2 Å². The van der Waals surface area contributed by atoms with Crippen molar-refractivity contribution in [2.24, 2.45) is 0 Å². The van der Waals surface area contributed by atoms with E-state index >= 15 is 0 Å². The second-order valence-corrected chi connectivity index (χ2v) is 10.2. The zero-order chi connectivity index (χ0) is 24.2. The highest BCUT2D eigenvalue weighted by atomic mass is 32.2. The smallest absolute Gasteiger partial charge is 0.287 e. The average Bonchev–Trinajstić information content (AvgIpc) is 3.31. The van der Waals surface area contributed by atoms with Crippen LogP contribution in [0, 0.1) is 0 Å². The standard InChI is InChI=1S/C23H25N3O7S/c27-21(20-15-16-3-1-2-4-19(16)33-20)25-12-11-24-17-5-7-18(8-6-17)34(30,31)23(22(28)26-29)9-13-32-14-10-23/h1-8,15,24,29H,9-14H2,(H,25,27)(H,26,28). The molecule has 0 atom stereocenters. The maximum Gasteiger partial charge on any atom is 0.287 e. The Balaban J connectivity index is 1.35. The van der Waals surface area contributed by atoms with Crippen molar-refractivity contribution < 1.29 is 32.4 Å². The maximum absolute atomic E-state index is 13.3. The normalized spacial score (nSPS) is 15.6. The minimum absolute atomic E-state index is 0.0262. The van der Waals surface area contributed by atoms with E-state index in [1.54, 1.807) is 24.3 Å². The number of rotatable bonds is 8. The zero-order valence-corrected chi connectivity index (χ0v) is 19.1. The Kier molecular flexibility index (Phi) is 6.87. The molecule has 1 fully saturated rings. The van der Waals surface area contributed by atoms with Gasteiger partial charge in [0.2, 0.25) is 0 Å². The van der Waals surface area contributed by atoms with Gasteiger partial charge >= 0.3 is 0 Å². The summed E-state index contributed by atoms with van der Waals surface area (Å²) in [5, 5.41) is 15.8. The number of hydrogen-bond acceptors (Lipinski definition) is 8. The van der Waals surface area contributed by atoms with Crippen LogP contribution in [0.4, 0.5) is 5.69 Å². The maximum atomic E-state index is 13.3. The third-order valence-corrected chi connectivity index (χ3v) is 8.40. The molecule has 2 heterocycles. The van der Waals surface area contributed by atoms with E-state index in [1.165, 1.54) is 17.6 Å². The van der Waals surface area contributed by atoms with E-state index < -0.39 is 20.5 Å². The van der Waals surface area contributed by atoms with Crippen molar-refractivity contribution >= 4 is 38.3 Å². The lowest BCUT2D eigenvalue weighted by molar-refractivity contribution is -0.134. The van der Waals surface area contributed by atoms with Gasteiger partial charge in [0.1, 0.15) is 5.58 Å². The van der Waals surface area contributed by atoms with E-state index in [1.807, 2.05) is 18.2 Å². The molecule has 0 radical (unpaired) electrons. The predicted octanol–water partition coefficient (Wildman–Crippen LogP) is 2.10. The number of hydrogen-bond donors (Lipinski definition) is 4. The van der Waals surface area contributed by atoms with Crippen molar-refractivity contribution in [2.45, 2.75) is 22.5 Å². The second-order valence-electron chi connectivity index (χ2n) is 7.91. The zero-order valence-electron chi connectivity index (χ0n) is 18.2. The summed E-state index contributed by atoms with van der Waals surface area (Å²) in [5.74, 6) is -1.06. The minimum atomic E-state index is -4.08. The van der Waals surface area contributed by atoms with Crippen molar-refractivity contribution in [2.75, 3.05) is 31.6 Å². The highest BCUT2D eigenvalue weighted by Crippen LogP contribution is 2.35. The number of amides is 2. The van der Waals surface area contributed by atoms with Gasteiger partial charge in [-0.3, -0.25) is 14.8 Å². The Morgan fingerprint density at radius 3 is 2.38 bits per heavy atom. The van der Waals surface area contributed by atoms with Gasteiger partial charge in [0.25, 0.3) is 11.8 Å². The van der Waals surface area contributed by atoms with Gasteiger partial charge in [0.15, 0.2) is 20.3 Å². The van der Waals surface area contributed by atoms with Crippen molar-refractivity contribution in [3.63, 3.8) is 0 Å². The fourth-order valence-corrected chi connectivity index (χ4v) is 5.90. The first-order valence-electron chi connectivity index (χ1n) is 10.7. The first kappa shape index (κ1) is 23.7. The van der Waals surface area contributed by atoms with E-state index in [9.17, 15) is 18.0 Å². The van der Waals surface area contributed by atoms with Crippen LogP contribution in [0.1, 0.15) is 23.4 Å². The van der Waals surface area contributed by atoms with Gasteiger partial charge in [-0.25, -0.2) is 13.9 Å². The Hall–Kier alpha value is -3.41. The van der Waals surface area contributed by atoms with Crippen LogP contribution in [0.15, 0.2) is 63.9 Å². The largest absolute Gasteiger partial charge is 0.451 e. The number of para-hydroxylation sites is 1. The quantitative estimate of drug-likeness (QED) is 0.215. The summed E-state index contributed by atoms with van der Waals surface area (Å²) in [6.07, 6.45) is -0.0979. The van der Waals surface area contributed by atoms with E-state index in [-0.39, 0.29) is 42.6 Å². The topological polar surface area (TPSA) is 147 Å². The number of sulfone groups is 1. The molecule has 34 heavy (non-hydrogen) atoms. The van der Waals surface area contributed by atoms with E-state index in [0.29, 0.717) is 24.4 Å².